The highest BCUT2D eigenvalue weighted by atomic mass is 35.5. The number of ketones is 1. The molecule has 4 aliphatic carbocycles. The van der Waals surface area contributed by atoms with E-state index in [1.165, 1.54) is 16.8 Å². The predicted octanol–water partition coefficient (Wildman–Crippen LogP) is 13.0. The summed E-state index contributed by atoms with van der Waals surface area (Å²) in [6.07, 6.45) is 14.8. The summed E-state index contributed by atoms with van der Waals surface area (Å²) in [5.41, 5.74) is 4.91. The number of hydrogen-bond donors (Lipinski definition) is 1. The van der Waals surface area contributed by atoms with E-state index in [1.807, 2.05) is 4.90 Å². The van der Waals surface area contributed by atoms with Crippen molar-refractivity contribution in [2.24, 2.45) is 34.5 Å². The van der Waals surface area contributed by atoms with Crippen LogP contribution in [0.15, 0.2) is 46.2 Å². The Hall–Kier alpha value is -3.18. The largest absolute Gasteiger partial charge is 0.382 e. The van der Waals surface area contributed by atoms with Gasteiger partial charge in [0, 0.05) is 76.9 Å². The first-order chi connectivity index (χ1) is 29.2. The molecule has 0 unspecified atom stereocenters. The number of halogens is 1. The van der Waals surface area contributed by atoms with Gasteiger partial charge in [0.05, 0.1) is 28.7 Å². The Balaban J connectivity index is 0.000000193. The lowest BCUT2D eigenvalue weighted by Gasteiger charge is -2.38. The van der Waals surface area contributed by atoms with Crippen LogP contribution in [-0.4, -0.2) is 48.0 Å². The maximum atomic E-state index is 13.7. The molecule has 0 aromatic carbocycles. The van der Waals surface area contributed by atoms with Gasteiger partial charge in [-0.2, -0.15) is 0 Å². The van der Waals surface area contributed by atoms with Gasteiger partial charge < -0.3 is 19.7 Å². The van der Waals surface area contributed by atoms with Crippen LogP contribution >= 0.6 is 34.3 Å². The van der Waals surface area contributed by atoms with Gasteiger partial charge in [-0.1, -0.05) is 60.8 Å². The molecule has 1 saturated heterocycles. The molecule has 0 radical (unpaired) electrons. The molecule has 3 heterocycles. The minimum atomic E-state index is -0.268. The smallest absolute Gasteiger partial charge is 0.230 e. The lowest BCUT2D eigenvalue weighted by atomic mass is 9.79. The highest BCUT2D eigenvalue weighted by Gasteiger charge is 2.40. The Morgan fingerprint density at radius 3 is 1.82 bits per heavy atom. The number of carbonyl (C=O) groups excluding carboxylic acids is 3. The topological polar surface area (TPSA) is 84.9 Å². The Morgan fingerprint density at radius 1 is 0.790 bits per heavy atom. The molecular weight excluding hydrogens is 832 g/mol. The van der Waals surface area contributed by atoms with Crippen molar-refractivity contribution >= 4 is 62.6 Å². The third-order valence-electron chi connectivity index (χ3n) is 12.3. The van der Waals surface area contributed by atoms with Gasteiger partial charge in [0.25, 0.3) is 0 Å². The molecule has 3 fully saturated rings. The summed E-state index contributed by atoms with van der Waals surface area (Å²) < 4.78 is 11.6. The van der Waals surface area contributed by atoms with E-state index in [0.29, 0.717) is 36.5 Å². The van der Waals surface area contributed by atoms with Gasteiger partial charge >= 0.3 is 0 Å². The second-order valence-corrected chi connectivity index (χ2v) is 22.5. The van der Waals surface area contributed by atoms with Crippen LogP contribution in [0, 0.1) is 58.2 Å². The Bertz CT molecular complexity index is 2030. The lowest BCUT2D eigenvalue weighted by molar-refractivity contribution is -0.177. The molecule has 338 valence electrons. The van der Waals surface area contributed by atoms with Crippen LogP contribution in [0.25, 0.3) is 0 Å². The van der Waals surface area contributed by atoms with Crippen LogP contribution in [0.1, 0.15) is 156 Å². The van der Waals surface area contributed by atoms with Crippen molar-refractivity contribution in [3.63, 3.8) is 0 Å². The molecule has 62 heavy (non-hydrogen) atoms. The molecule has 2 aromatic heterocycles. The number of Topliss-reactive ketones (excluding diaryl/α,β-unsaturated/α-hetero) is 1. The summed E-state index contributed by atoms with van der Waals surface area (Å²) in [5.74, 6) is 14.2. The number of ether oxygens (including phenoxy) is 2. The quantitative estimate of drug-likeness (QED) is 0.177. The van der Waals surface area contributed by atoms with E-state index in [9.17, 15) is 14.4 Å². The number of hydrogen-bond acceptors (Lipinski definition) is 8. The zero-order chi connectivity index (χ0) is 45.2. The molecular formula is C52H71ClN2O5S2. The van der Waals surface area contributed by atoms with Gasteiger partial charge in [0.2, 0.25) is 11.1 Å². The normalized spacial score (nSPS) is 24.1. The maximum absolute atomic E-state index is 13.7. The van der Waals surface area contributed by atoms with E-state index in [1.54, 1.807) is 22.7 Å². The van der Waals surface area contributed by atoms with Crippen molar-refractivity contribution in [3.8, 4) is 23.7 Å². The highest BCUT2D eigenvalue weighted by molar-refractivity contribution is 7.11. The van der Waals surface area contributed by atoms with Gasteiger partial charge in [-0.3, -0.25) is 14.4 Å². The first-order valence-electron chi connectivity index (χ1n) is 22.8. The monoisotopic (exact) mass is 902 g/mol. The summed E-state index contributed by atoms with van der Waals surface area (Å²) >= 11 is 8.75. The fourth-order valence-corrected chi connectivity index (χ4v) is 10.6. The number of thiophene rings is 2. The summed E-state index contributed by atoms with van der Waals surface area (Å²) in [6, 6.07) is 4.84. The fraction of sp³-hybridized carbons (Fsp3) is 0.635. The number of rotatable bonds is 6. The molecule has 1 spiro atoms. The van der Waals surface area contributed by atoms with Crippen LogP contribution < -0.4 is 10.2 Å². The third-order valence-corrected chi connectivity index (χ3v) is 14.3. The van der Waals surface area contributed by atoms with Crippen molar-refractivity contribution in [1.82, 2.24) is 0 Å². The minimum absolute atomic E-state index is 0.0142. The van der Waals surface area contributed by atoms with Crippen molar-refractivity contribution in [2.45, 2.75) is 164 Å². The van der Waals surface area contributed by atoms with E-state index < -0.39 is 0 Å². The molecule has 1 aliphatic heterocycles. The fourth-order valence-electron chi connectivity index (χ4n) is 8.84. The molecule has 1 amide bonds. The SMILES string of the molecule is CC(C)(C)C#Cc1cc(NC2CCC3(CC2)OCCO3)cs1.CC1=CC[C@H](C(=O)Cl)[C@@H](C)C1.CC1=CC[C@H](C(=O)N(c2csc(C#CC(C)(C)C)c2)C2CCC(=O)CC2)[C@@H](C)C1. The molecule has 4 atom stereocenters. The van der Waals surface area contributed by atoms with Crippen molar-refractivity contribution in [1.29, 1.82) is 0 Å². The number of nitrogens with one attached hydrogen (secondary N) is 1. The standard InChI is InChI=1S/C25H33NO2S.C18H25NO2S.C9H13ClO/c1-17-6-11-23(18(2)14-17)24(28)26(19-7-9-21(27)10-8-19)20-15-22(29-16-20)12-13-25(3,4)5;1-17(2,3)7-6-16-12-15(13-22-16)19-14-4-8-18(9-5-14)20-10-11-21-18;1-6-3-4-8(9(10)11)7(2)5-6/h6,15-16,18-19,23H,7-11,14H2,1-5H3;12-14,19H,4-5,8-11H2,1-3H3;3,7-8H,4-5H2,1-2H3/t18-,23-;;7-,8-/m0.0/s1. The van der Waals surface area contributed by atoms with Crippen LogP contribution in [0.4, 0.5) is 11.4 Å². The number of carbonyl (C=O) groups is 3. The van der Waals surface area contributed by atoms with Gasteiger partial charge in [-0.15, -0.1) is 22.7 Å². The van der Waals surface area contributed by atoms with Crippen LogP contribution in [0.2, 0.25) is 0 Å². The Morgan fingerprint density at radius 2 is 1.31 bits per heavy atom. The van der Waals surface area contributed by atoms with Crippen molar-refractivity contribution < 1.29 is 23.9 Å². The molecule has 2 saturated carbocycles. The molecule has 0 bridgehead atoms. The molecule has 10 heteroatoms. The van der Waals surface area contributed by atoms with Gasteiger partial charge in [-0.25, -0.2) is 0 Å². The Labute approximate surface area is 386 Å². The van der Waals surface area contributed by atoms with E-state index >= 15 is 0 Å². The van der Waals surface area contributed by atoms with E-state index in [4.69, 9.17) is 21.1 Å². The molecule has 7 rings (SSSR count). The van der Waals surface area contributed by atoms with Gasteiger partial charge in [0.1, 0.15) is 5.78 Å². The molecule has 1 N–H and O–H groups in total. The maximum Gasteiger partial charge on any atom is 0.230 e. The number of allylic oxidation sites excluding steroid dienone is 4. The van der Waals surface area contributed by atoms with Crippen LogP contribution in [0.3, 0.4) is 0 Å². The number of nitrogens with zero attached hydrogens (tertiary/aromatic N) is 1. The number of anilines is 2. The third kappa shape index (κ3) is 15.2. The zero-order valence-electron chi connectivity index (χ0n) is 39.0. The minimum Gasteiger partial charge on any atom is -0.382 e. The first-order valence-corrected chi connectivity index (χ1v) is 25.0. The number of amides is 1. The summed E-state index contributed by atoms with van der Waals surface area (Å²) in [7, 11) is 0. The first kappa shape index (κ1) is 49.8. The Kier molecular flexibility index (Phi) is 17.8. The molecule has 7 nitrogen and oxygen atoms in total. The van der Waals surface area contributed by atoms with Crippen molar-refractivity contribution in [2.75, 3.05) is 23.4 Å². The van der Waals surface area contributed by atoms with Crippen molar-refractivity contribution in [3.05, 3.63) is 55.9 Å². The van der Waals surface area contributed by atoms with Gasteiger partial charge in [-0.05, 0) is 142 Å². The molecule has 5 aliphatic rings. The predicted molar refractivity (Wildman–Crippen MR) is 259 cm³/mol. The summed E-state index contributed by atoms with van der Waals surface area (Å²) in [5, 5.41) is 7.69. The van der Waals surface area contributed by atoms with Gasteiger partial charge in [0.15, 0.2) is 5.79 Å². The van der Waals surface area contributed by atoms with E-state index in [-0.39, 0.29) is 45.6 Å². The second-order valence-electron chi connectivity index (χ2n) is 20.3. The zero-order valence-corrected chi connectivity index (χ0v) is 41.4. The van der Waals surface area contributed by atoms with Crippen LogP contribution in [-0.2, 0) is 23.9 Å². The molecule has 2 aromatic rings. The average Bonchev–Trinajstić information content (AvgIpc) is 3.97. The van der Waals surface area contributed by atoms with E-state index in [2.05, 4.69) is 133 Å². The highest BCUT2D eigenvalue weighted by Crippen LogP contribution is 2.38. The van der Waals surface area contributed by atoms with E-state index in [0.717, 1.165) is 92.9 Å². The summed E-state index contributed by atoms with van der Waals surface area (Å²) in [6.45, 7) is 22.7. The van der Waals surface area contributed by atoms with Crippen LogP contribution in [0.5, 0.6) is 0 Å². The second kappa shape index (κ2) is 22.1. The lowest BCUT2D eigenvalue weighted by Crippen LogP contribution is -2.47. The summed E-state index contributed by atoms with van der Waals surface area (Å²) in [4.78, 5) is 40.5. The average molecular weight is 904 g/mol.